The summed E-state index contributed by atoms with van der Waals surface area (Å²) in [5.74, 6) is 0.816. The van der Waals surface area contributed by atoms with Crippen molar-refractivity contribution in [2.24, 2.45) is 0 Å². The molecule has 0 heterocycles. The van der Waals surface area contributed by atoms with Crippen LogP contribution in [-0.4, -0.2) is 105 Å². The predicted octanol–water partition coefficient (Wildman–Crippen LogP) is 4.83. The minimum Gasteiger partial charge on any atom is -0.491 e. The van der Waals surface area contributed by atoms with E-state index in [9.17, 15) is 8.42 Å². The first kappa shape index (κ1) is 39.4. The van der Waals surface area contributed by atoms with E-state index < -0.39 is 10.4 Å². The second kappa shape index (κ2) is 27.9. The van der Waals surface area contributed by atoms with Gasteiger partial charge in [0.05, 0.1) is 79.3 Å². The van der Waals surface area contributed by atoms with Crippen LogP contribution in [0.2, 0.25) is 0 Å². The van der Waals surface area contributed by atoms with Gasteiger partial charge in [-0.15, -0.1) is 6.58 Å². The zero-order chi connectivity index (χ0) is 31.3. The Morgan fingerprint density at radius 2 is 1.26 bits per heavy atom. The molecule has 1 aromatic carbocycles. The van der Waals surface area contributed by atoms with Gasteiger partial charge in [-0.1, -0.05) is 63.7 Å². The van der Waals surface area contributed by atoms with Gasteiger partial charge in [0.1, 0.15) is 18.5 Å². The van der Waals surface area contributed by atoms with Crippen molar-refractivity contribution in [2.45, 2.75) is 64.4 Å². The van der Waals surface area contributed by atoms with E-state index in [0.717, 1.165) is 12.2 Å². The molecule has 1 unspecified atom stereocenters. The summed E-state index contributed by atoms with van der Waals surface area (Å²) in [6.45, 7) is 10.0. The fourth-order valence-corrected chi connectivity index (χ4v) is 4.17. The molecular weight excluding hydrogens is 580 g/mol. The van der Waals surface area contributed by atoms with Crippen LogP contribution >= 0.6 is 0 Å². The van der Waals surface area contributed by atoms with E-state index in [0.29, 0.717) is 66.1 Å². The number of benzene rings is 1. The highest BCUT2D eigenvalue weighted by Gasteiger charge is 2.11. The van der Waals surface area contributed by atoms with Crippen molar-refractivity contribution >= 4 is 10.4 Å². The monoisotopic (exact) mass is 634 g/mol. The smallest absolute Gasteiger partial charge is 0.397 e. The molecule has 0 saturated heterocycles. The Balaban J connectivity index is 2.08. The van der Waals surface area contributed by atoms with Gasteiger partial charge in [-0.2, -0.15) is 8.42 Å². The van der Waals surface area contributed by atoms with Crippen molar-refractivity contribution in [1.29, 1.82) is 0 Å². The van der Waals surface area contributed by atoms with Crippen LogP contribution < -0.4 is 4.74 Å². The summed E-state index contributed by atoms with van der Waals surface area (Å²) in [4.78, 5) is 0. The van der Waals surface area contributed by atoms with Gasteiger partial charge >= 0.3 is 10.4 Å². The Morgan fingerprint density at radius 1 is 0.721 bits per heavy atom. The summed E-state index contributed by atoms with van der Waals surface area (Å²) < 4.78 is 72.2. The number of hydrogen-bond donors (Lipinski definition) is 1. The van der Waals surface area contributed by atoms with Crippen LogP contribution in [0.5, 0.6) is 5.75 Å². The van der Waals surface area contributed by atoms with Gasteiger partial charge in [-0.05, 0) is 30.5 Å². The van der Waals surface area contributed by atoms with Gasteiger partial charge in [-0.25, -0.2) is 4.18 Å². The molecule has 11 nitrogen and oxygen atoms in total. The molecule has 1 atom stereocenters. The van der Waals surface area contributed by atoms with Crippen molar-refractivity contribution in [2.75, 3.05) is 85.9 Å². The molecule has 0 radical (unpaired) electrons. The third kappa shape index (κ3) is 26.5. The fraction of sp³-hybridized carbons (Fsp3) is 0.742. The minimum absolute atomic E-state index is 0.0313. The van der Waals surface area contributed by atoms with Gasteiger partial charge in [0.15, 0.2) is 0 Å². The van der Waals surface area contributed by atoms with E-state index in [4.69, 9.17) is 37.7 Å². The molecule has 12 heteroatoms. The first-order valence-corrected chi connectivity index (χ1v) is 16.8. The maximum atomic E-state index is 10.4. The Kier molecular flexibility index (Phi) is 25.6. The molecular formula is C31H54O11S. The predicted molar refractivity (Wildman–Crippen MR) is 165 cm³/mol. The Labute approximate surface area is 259 Å². The maximum Gasteiger partial charge on any atom is 0.397 e. The number of aryl methyl sites for hydroxylation is 1. The topological polar surface area (TPSA) is 128 Å². The molecule has 250 valence electrons. The molecule has 0 amide bonds. The number of rotatable bonds is 32. The second-order valence-electron chi connectivity index (χ2n) is 9.84. The fourth-order valence-electron chi connectivity index (χ4n) is 3.89. The molecule has 43 heavy (non-hydrogen) atoms. The SMILES string of the molecule is C=CCOCC(COc1ccc(CCCCCCCCC)cc1)OCCOCCOCCOCCOCCOS(=O)(=O)O. The van der Waals surface area contributed by atoms with E-state index in [-0.39, 0.29) is 25.9 Å². The van der Waals surface area contributed by atoms with E-state index in [2.05, 4.69) is 29.8 Å². The lowest BCUT2D eigenvalue weighted by Crippen LogP contribution is -2.29. The molecule has 0 saturated carbocycles. The van der Waals surface area contributed by atoms with Gasteiger partial charge in [0.2, 0.25) is 0 Å². The standard InChI is InChI=1S/C31H54O11S/c1-3-5-6-7-8-9-10-11-29-12-14-30(15-13-29)41-28-31(27-39-16-4-2)40-25-23-37-21-19-35-17-18-36-20-22-38-24-26-42-43(32,33)34/h4,12-15,31H,2-3,5-11,16-28H2,1H3,(H,32,33,34). The van der Waals surface area contributed by atoms with Crippen LogP contribution in [0, 0.1) is 0 Å². The lowest BCUT2D eigenvalue weighted by Gasteiger charge is -2.19. The maximum absolute atomic E-state index is 10.4. The van der Waals surface area contributed by atoms with E-state index in [1.807, 2.05) is 12.1 Å². The van der Waals surface area contributed by atoms with E-state index in [1.54, 1.807) is 6.08 Å². The van der Waals surface area contributed by atoms with Crippen molar-refractivity contribution in [1.82, 2.24) is 0 Å². The molecule has 0 spiro atoms. The first-order valence-electron chi connectivity index (χ1n) is 15.4. The van der Waals surface area contributed by atoms with E-state index in [1.165, 1.54) is 50.5 Å². The normalized spacial score (nSPS) is 12.4. The van der Waals surface area contributed by atoms with Crippen LogP contribution in [0.25, 0.3) is 0 Å². The van der Waals surface area contributed by atoms with Gasteiger partial charge in [-0.3, -0.25) is 4.55 Å². The zero-order valence-corrected chi connectivity index (χ0v) is 26.8. The molecule has 0 aromatic heterocycles. The summed E-state index contributed by atoms with van der Waals surface area (Å²) in [6.07, 6.45) is 11.8. The molecule has 0 fully saturated rings. The summed E-state index contributed by atoms with van der Waals surface area (Å²) in [5, 5.41) is 0. The molecule has 1 N–H and O–H groups in total. The summed E-state index contributed by atoms with van der Waals surface area (Å²) in [6, 6.07) is 8.32. The average molecular weight is 635 g/mol. The average Bonchev–Trinajstić information content (AvgIpc) is 2.99. The Morgan fingerprint density at radius 3 is 1.81 bits per heavy atom. The minimum atomic E-state index is -4.43. The van der Waals surface area contributed by atoms with Crippen molar-refractivity contribution in [3.8, 4) is 5.75 Å². The van der Waals surface area contributed by atoms with Gasteiger partial charge in [0.25, 0.3) is 0 Å². The molecule has 1 aromatic rings. The zero-order valence-electron chi connectivity index (χ0n) is 26.0. The van der Waals surface area contributed by atoms with Crippen LogP contribution in [0.4, 0.5) is 0 Å². The van der Waals surface area contributed by atoms with Crippen molar-refractivity contribution in [3.63, 3.8) is 0 Å². The lowest BCUT2D eigenvalue weighted by atomic mass is 10.0. The van der Waals surface area contributed by atoms with Crippen LogP contribution in [0.15, 0.2) is 36.9 Å². The highest BCUT2D eigenvalue weighted by Crippen LogP contribution is 2.16. The molecule has 0 bridgehead atoms. The summed E-state index contributed by atoms with van der Waals surface area (Å²) >= 11 is 0. The van der Waals surface area contributed by atoms with Crippen molar-refractivity contribution in [3.05, 3.63) is 42.5 Å². The van der Waals surface area contributed by atoms with Crippen LogP contribution in [0.1, 0.15) is 57.4 Å². The Hall–Kier alpha value is -1.61. The first-order chi connectivity index (χ1) is 20.9. The molecule has 0 aliphatic heterocycles. The Bertz CT molecular complexity index is 865. The number of hydrogen-bond acceptors (Lipinski definition) is 10. The largest absolute Gasteiger partial charge is 0.491 e. The summed E-state index contributed by atoms with van der Waals surface area (Å²) in [5.41, 5.74) is 1.34. The third-order valence-electron chi connectivity index (χ3n) is 6.12. The lowest BCUT2D eigenvalue weighted by molar-refractivity contribution is -0.0569. The van der Waals surface area contributed by atoms with Gasteiger partial charge < -0.3 is 33.2 Å². The quantitative estimate of drug-likeness (QED) is 0.0665. The number of unbranched alkanes of at least 4 members (excludes halogenated alkanes) is 6. The van der Waals surface area contributed by atoms with E-state index >= 15 is 0 Å². The molecule has 1 rings (SSSR count). The molecule has 0 aliphatic rings. The van der Waals surface area contributed by atoms with Gasteiger partial charge in [0, 0.05) is 0 Å². The summed E-state index contributed by atoms with van der Waals surface area (Å²) in [7, 11) is -4.43. The van der Waals surface area contributed by atoms with Crippen LogP contribution in [0.3, 0.4) is 0 Å². The highest BCUT2D eigenvalue weighted by molar-refractivity contribution is 7.80. The second-order valence-corrected chi connectivity index (χ2v) is 10.9. The third-order valence-corrected chi connectivity index (χ3v) is 6.59. The van der Waals surface area contributed by atoms with Crippen LogP contribution in [-0.2, 0) is 49.4 Å². The molecule has 0 aliphatic carbocycles. The number of ether oxygens (including phenoxy) is 7. The highest BCUT2D eigenvalue weighted by atomic mass is 32.3. The van der Waals surface area contributed by atoms with Crippen molar-refractivity contribution < 1.29 is 50.3 Å².